The van der Waals surface area contributed by atoms with Gasteiger partial charge in [-0.3, -0.25) is 8.98 Å². The molecule has 1 heterocycles. The monoisotopic (exact) mass is 398 g/mol. The van der Waals surface area contributed by atoms with Crippen LogP contribution in [-0.2, 0) is 34.0 Å². The van der Waals surface area contributed by atoms with Gasteiger partial charge in [0.1, 0.15) is 0 Å². The van der Waals surface area contributed by atoms with E-state index >= 15 is 0 Å². The smallest absolute Gasteiger partial charge is 0.377 e. The van der Waals surface area contributed by atoms with Crippen LogP contribution in [0.1, 0.15) is 13.8 Å². The number of carbonyl (C=O) groups excluding carboxylic acids is 1. The van der Waals surface area contributed by atoms with Gasteiger partial charge in [0.15, 0.2) is 0 Å². The maximum absolute atomic E-state index is 12.2. The van der Waals surface area contributed by atoms with Gasteiger partial charge in [-0.25, -0.2) is 8.42 Å². The molecule has 24 heavy (non-hydrogen) atoms. The lowest BCUT2D eigenvalue weighted by molar-refractivity contribution is -0.144. The second-order valence-corrected chi connectivity index (χ2v) is 8.47. The second kappa shape index (κ2) is 7.51. The Morgan fingerprint density at radius 1 is 1.33 bits per heavy atom. The third-order valence-corrected chi connectivity index (χ3v) is 5.69. The van der Waals surface area contributed by atoms with Crippen LogP contribution in [0.15, 0.2) is 0 Å². The van der Waals surface area contributed by atoms with Gasteiger partial charge >= 0.3 is 25.8 Å². The molecule has 1 rings (SSSR count). The number of halogens is 3. The SMILES string of the molecule is CC(C)C(=O)N1CCOCC1COS(=O)(=O)NS(=O)(=O)C(F)(F)F. The third kappa shape index (κ3) is 5.54. The molecule has 1 fully saturated rings. The summed E-state index contributed by atoms with van der Waals surface area (Å²) in [7, 11) is -11.4. The molecular weight excluding hydrogens is 381 g/mol. The average Bonchev–Trinajstić information content (AvgIpc) is 2.42. The largest absolute Gasteiger partial charge is 0.512 e. The van der Waals surface area contributed by atoms with Crippen LogP contribution >= 0.6 is 0 Å². The number of carbonyl (C=O) groups is 1. The van der Waals surface area contributed by atoms with Gasteiger partial charge in [0.2, 0.25) is 5.91 Å². The van der Waals surface area contributed by atoms with Crippen molar-refractivity contribution in [2.75, 3.05) is 26.4 Å². The van der Waals surface area contributed by atoms with Crippen molar-refractivity contribution < 1.29 is 43.7 Å². The highest BCUT2D eigenvalue weighted by molar-refractivity contribution is 8.03. The summed E-state index contributed by atoms with van der Waals surface area (Å²) >= 11 is 0. The minimum Gasteiger partial charge on any atom is -0.377 e. The van der Waals surface area contributed by atoms with Crippen LogP contribution < -0.4 is 4.13 Å². The van der Waals surface area contributed by atoms with Crippen molar-refractivity contribution in [3.8, 4) is 0 Å². The van der Waals surface area contributed by atoms with Crippen LogP contribution in [0.2, 0.25) is 0 Å². The Bertz CT molecular complexity index is 660. The van der Waals surface area contributed by atoms with Crippen molar-refractivity contribution in [1.82, 2.24) is 9.03 Å². The molecule has 0 spiro atoms. The van der Waals surface area contributed by atoms with E-state index in [1.165, 1.54) is 4.90 Å². The fourth-order valence-corrected chi connectivity index (χ4v) is 3.77. The average molecular weight is 398 g/mol. The molecule has 14 heteroatoms. The highest BCUT2D eigenvalue weighted by atomic mass is 32.3. The topological polar surface area (TPSA) is 119 Å². The first-order valence-corrected chi connectivity index (χ1v) is 9.53. The third-order valence-electron chi connectivity index (χ3n) is 2.94. The highest BCUT2D eigenvalue weighted by Gasteiger charge is 2.48. The first-order chi connectivity index (χ1) is 10.8. The van der Waals surface area contributed by atoms with Crippen LogP contribution in [-0.4, -0.2) is 65.6 Å². The normalized spacial score (nSPS) is 20.4. The molecular formula is C10H17F3N2O7S2. The van der Waals surface area contributed by atoms with E-state index in [9.17, 15) is 34.8 Å². The number of hydrogen-bond acceptors (Lipinski definition) is 7. The Morgan fingerprint density at radius 2 is 1.92 bits per heavy atom. The van der Waals surface area contributed by atoms with Gasteiger partial charge in [-0.05, 0) is 0 Å². The predicted molar refractivity (Wildman–Crippen MR) is 74.1 cm³/mol. The van der Waals surface area contributed by atoms with Crippen molar-refractivity contribution in [2.45, 2.75) is 25.4 Å². The van der Waals surface area contributed by atoms with Gasteiger partial charge in [0.25, 0.3) is 0 Å². The minimum absolute atomic E-state index is 0.0972. The summed E-state index contributed by atoms with van der Waals surface area (Å²) in [5.41, 5.74) is -5.81. The Kier molecular flexibility index (Phi) is 6.60. The molecule has 0 aromatic heterocycles. The lowest BCUT2D eigenvalue weighted by atomic mass is 10.1. The van der Waals surface area contributed by atoms with Crippen molar-refractivity contribution in [3.63, 3.8) is 0 Å². The van der Waals surface area contributed by atoms with E-state index < -0.39 is 44.4 Å². The molecule has 0 aliphatic carbocycles. The van der Waals surface area contributed by atoms with Crippen LogP contribution in [0.5, 0.6) is 0 Å². The lowest BCUT2D eigenvalue weighted by Crippen LogP contribution is -2.53. The zero-order valence-electron chi connectivity index (χ0n) is 12.7. The summed E-state index contributed by atoms with van der Waals surface area (Å²) in [4.78, 5) is 13.3. The van der Waals surface area contributed by atoms with E-state index in [0.717, 1.165) is 0 Å². The highest BCUT2D eigenvalue weighted by Crippen LogP contribution is 2.22. The first-order valence-electron chi connectivity index (χ1n) is 6.64. The number of hydrogen-bond donors (Lipinski definition) is 1. The van der Waals surface area contributed by atoms with Crippen molar-refractivity contribution in [1.29, 1.82) is 0 Å². The van der Waals surface area contributed by atoms with Crippen LogP contribution in [0.25, 0.3) is 0 Å². The molecule has 0 aromatic rings. The standard InChI is InChI=1S/C10H17F3N2O7S2/c1-7(2)9(16)15-3-4-21-5-8(15)6-22-24(19,20)14-23(17,18)10(11,12)13/h7-8,14H,3-6H2,1-2H3. The molecule has 1 amide bonds. The van der Waals surface area contributed by atoms with Gasteiger partial charge in [-0.2, -0.15) is 21.6 Å². The molecule has 0 saturated carbocycles. The molecule has 0 radical (unpaired) electrons. The molecule has 1 N–H and O–H groups in total. The number of ether oxygens (including phenoxy) is 1. The Morgan fingerprint density at radius 3 is 2.42 bits per heavy atom. The fourth-order valence-electron chi connectivity index (χ4n) is 1.79. The molecule has 9 nitrogen and oxygen atoms in total. The quantitative estimate of drug-likeness (QED) is 0.645. The molecule has 1 aliphatic heterocycles. The fraction of sp³-hybridized carbons (Fsp3) is 0.900. The summed E-state index contributed by atoms with van der Waals surface area (Å²) in [5, 5.41) is 0. The summed E-state index contributed by atoms with van der Waals surface area (Å²) in [6.45, 7) is 2.75. The van der Waals surface area contributed by atoms with E-state index in [0.29, 0.717) is 4.13 Å². The summed E-state index contributed by atoms with van der Waals surface area (Å²) in [6.07, 6.45) is 0. The number of morpholine rings is 1. The van der Waals surface area contributed by atoms with Crippen molar-refractivity contribution >= 4 is 26.2 Å². The lowest BCUT2D eigenvalue weighted by Gasteiger charge is -2.36. The van der Waals surface area contributed by atoms with E-state index in [2.05, 4.69) is 4.18 Å². The molecule has 0 aromatic carbocycles. The number of nitrogens with one attached hydrogen (secondary N) is 1. The maximum atomic E-state index is 12.2. The number of sulfonamides is 1. The van der Waals surface area contributed by atoms with E-state index in [1.54, 1.807) is 13.8 Å². The zero-order valence-corrected chi connectivity index (χ0v) is 14.4. The van der Waals surface area contributed by atoms with Crippen molar-refractivity contribution in [2.24, 2.45) is 5.92 Å². The second-order valence-electron chi connectivity index (χ2n) is 5.19. The van der Waals surface area contributed by atoms with Gasteiger partial charge in [-0.1, -0.05) is 18.0 Å². The first kappa shape index (κ1) is 21.1. The minimum atomic E-state index is -6.13. The maximum Gasteiger partial charge on any atom is 0.512 e. The Balaban J connectivity index is 2.77. The molecule has 142 valence electrons. The van der Waals surface area contributed by atoms with E-state index in [-0.39, 0.29) is 25.7 Å². The predicted octanol–water partition coefficient (Wildman–Crippen LogP) is -0.430. The van der Waals surface area contributed by atoms with Crippen LogP contribution in [0.3, 0.4) is 0 Å². The zero-order chi connectivity index (χ0) is 18.8. The number of rotatable bonds is 6. The summed E-state index contributed by atoms with van der Waals surface area (Å²) in [5.74, 6) is -0.717. The van der Waals surface area contributed by atoms with E-state index in [4.69, 9.17) is 4.74 Å². The van der Waals surface area contributed by atoms with Gasteiger partial charge in [0.05, 0.1) is 25.9 Å². The van der Waals surface area contributed by atoms with Crippen LogP contribution in [0, 0.1) is 5.92 Å². The Labute approximate surface area is 137 Å². The number of amides is 1. The van der Waals surface area contributed by atoms with Gasteiger partial charge < -0.3 is 9.64 Å². The Hall–Kier alpha value is -0.960. The molecule has 1 aliphatic rings. The number of nitrogens with zero attached hydrogens (tertiary/aromatic N) is 1. The molecule has 1 atom stereocenters. The number of alkyl halides is 3. The van der Waals surface area contributed by atoms with Gasteiger partial charge in [0, 0.05) is 12.5 Å². The van der Waals surface area contributed by atoms with Gasteiger partial charge in [-0.15, -0.1) is 0 Å². The molecule has 1 saturated heterocycles. The van der Waals surface area contributed by atoms with E-state index in [1.807, 2.05) is 0 Å². The van der Waals surface area contributed by atoms with Crippen molar-refractivity contribution in [3.05, 3.63) is 0 Å². The molecule has 1 unspecified atom stereocenters. The van der Waals surface area contributed by atoms with Crippen LogP contribution in [0.4, 0.5) is 13.2 Å². The molecule has 0 bridgehead atoms. The summed E-state index contributed by atoms with van der Waals surface area (Å²) in [6, 6.07) is -0.876. The summed E-state index contributed by atoms with van der Waals surface area (Å²) < 4.78 is 90.7.